The molecule has 1 aromatic carbocycles. The van der Waals surface area contributed by atoms with Gasteiger partial charge in [0.2, 0.25) is 0 Å². The molecular weight excluding hydrogens is 392 g/mol. The van der Waals surface area contributed by atoms with Crippen LogP contribution in [-0.2, 0) is 14.3 Å². The Morgan fingerprint density at radius 3 is 1.57 bits per heavy atom. The molecule has 0 heterocycles. The van der Waals surface area contributed by atoms with Gasteiger partial charge in [-0.15, -0.1) is 0 Å². The van der Waals surface area contributed by atoms with E-state index in [4.69, 9.17) is 4.18 Å². The van der Waals surface area contributed by atoms with Crippen LogP contribution in [0, 0.1) is 0 Å². The second-order valence-electron chi connectivity index (χ2n) is 8.33. The zero-order chi connectivity index (χ0) is 21.8. The van der Waals surface area contributed by atoms with Crippen molar-refractivity contribution in [3.8, 4) is 0 Å². The highest BCUT2D eigenvalue weighted by molar-refractivity contribution is 7.89. The molecule has 0 aliphatic heterocycles. The molecule has 1 rings (SSSR count). The molecule has 0 N–H and O–H groups in total. The fraction of sp³-hybridized carbons (Fsp3) is 0.692. The van der Waals surface area contributed by atoms with Gasteiger partial charge < -0.3 is 0 Å². The molecule has 0 saturated heterocycles. The van der Waals surface area contributed by atoms with Gasteiger partial charge in [0.25, 0.3) is 10.1 Å². The molecule has 3 nitrogen and oxygen atoms in total. The molecule has 0 fully saturated rings. The summed E-state index contributed by atoms with van der Waals surface area (Å²) in [6.07, 6.45) is 22.5. The van der Waals surface area contributed by atoms with E-state index in [0.717, 1.165) is 23.8 Å². The maximum atomic E-state index is 11.9. The quantitative estimate of drug-likeness (QED) is 0.153. The van der Waals surface area contributed by atoms with Crippen LogP contribution in [0.15, 0.2) is 35.7 Å². The maximum absolute atomic E-state index is 11.9. The van der Waals surface area contributed by atoms with Gasteiger partial charge in [0.1, 0.15) is 0 Å². The molecular formula is C26H44O3S. The molecule has 0 spiro atoms. The van der Waals surface area contributed by atoms with E-state index in [2.05, 4.69) is 6.92 Å². The molecule has 4 heteroatoms. The van der Waals surface area contributed by atoms with Gasteiger partial charge in [-0.05, 0) is 18.1 Å². The SMILES string of the molecule is CCCCCCCCCCCCCCCCCCOS(=O)(=O)C=Cc1ccccc1. The minimum absolute atomic E-state index is 0.278. The fourth-order valence-electron chi connectivity index (χ4n) is 3.59. The summed E-state index contributed by atoms with van der Waals surface area (Å²) in [4.78, 5) is 0. The van der Waals surface area contributed by atoms with Crippen LogP contribution in [0.2, 0.25) is 0 Å². The maximum Gasteiger partial charge on any atom is 0.290 e. The van der Waals surface area contributed by atoms with E-state index in [1.54, 1.807) is 6.08 Å². The molecule has 0 unspecified atom stereocenters. The van der Waals surface area contributed by atoms with Crippen LogP contribution < -0.4 is 0 Å². The Morgan fingerprint density at radius 2 is 1.10 bits per heavy atom. The topological polar surface area (TPSA) is 43.4 Å². The number of rotatable bonds is 20. The van der Waals surface area contributed by atoms with Crippen LogP contribution >= 0.6 is 0 Å². The summed E-state index contributed by atoms with van der Waals surface area (Å²) >= 11 is 0. The highest BCUT2D eigenvalue weighted by Gasteiger charge is 2.05. The predicted molar refractivity (Wildman–Crippen MR) is 130 cm³/mol. The van der Waals surface area contributed by atoms with Crippen molar-refractivity contribution >= 4 is 16.2 Å². The Labute approximate surface area is 186 Å². The van der Waals surface area contributed by atoms with Crippen LogP contribution in [0.1, 0.15) is 115 Å². The third kappa shape index (κ3) is 16.6. The highest BCUT2D eigenvalue weighted by Crippen LogP contribution is 2.14. The van der Waals surface area contributed by atoms with E-state index in [-0.39, 0.29) is 6.61 Å². The first kappa shape index (κ1) is 26.9. The van der Waals surface area contributed by atoms with Crippen LogP contribution in [0.4, 0.5) is 0 Å². The van der Waals surface area contributed by atoms with Crippen LogP contribution in [-0.4, -0.2) is 15.0 Å². The van der Waals surface area contributed by atoms with Gasteiger partial charge >= 0.3 is 0 Å². The molecule has 1 aromatic rings. The fourth-order valence-corrected chi connectivity index (χ4v) is 4.34. The lowest BCUT2D eigenvalue weighted by Crippen LogP contribution is -2.03. The first-order valence-electron chi connectivity index (χ1n) is 12.3. The van der Waals surface area contributed by atoms with E-state index < -0.39 is 10.1 Å². The van der Waals surface area contributed by atoms with E-state index >= 15 is 0 Å². The Bertz CT molecular complexity index is 623. The minimum Gasteiger partial charge on any atom is -0.267 e. The summed E-state index contributed by atoms with van der Waals surface area (Å²) in [5.41, 5.74) is 0.854. The molecule has 30 heavy (non-hydrogen) atoms. The molecule has 0 aliphatic rings. The Kier molecular flexibility index (Phi) is 16.7. The first-order valence-corrected chi connectivity index (χ1v) is 13.7. The summed E-state index contributed by atoms with van der Waals surface area (Å²) in [5.74, 6) is 0. The zero-order valence-electron chi connectivity index (χ0n) is 19.2. The number of hydrogen-bond acceptors (Lipinski definition) is 3. The summed E-state index contributed by atoms with van der Waals surface area (Å²) in [6, 6.07) is 9.39. The standard InChI is InChI=1S/C26H44O3S/c1-2-3-4-5-6-7-8-9-10-11-12-13-14-15-16-20-24-29-30(27,28)25-23-26-21-18-17-19-22-26/h17-19,21-23,25H,2-16,20,24H2,1H3. The average molecular weight is 437 g/mol. The van der Waals surface area contributed by atoms with Crippen molar-refractivity contribution in [3.63, 3.8) is 0 Å². The van der Waals surface area contributed by atoms with Crippen molar-refractivity contribution in [2.24, 2.45) is 0 Å². The number of unbranched alkanes of at least 4 members (excludes halogenated alkanes) is 15. The largest absolute Gasteiger partial charge is 0.290 e. The van der Waals surface area contributed by atoms with Crippen molar-refractivity contribution in [2.75, 3.05) is 6.61 Å². The lowest BCUT2D eigenvalue weighted by atomic mass is 10.0. The zero-order valence-corrected chi connectivity index (χ0v) is 20.0. The summed E-state index contributed by atoms with van der Waals surface area (Å²) in [6.45, 7) is 2.55. The van der Waals surface area contributed by atoms with E-state index in [1.165, 1.54) is 89.9 Å². The number of hydrogen-bond donors (Lipinski definition) is 0. The van der Waals surface area contributed by atoms with Crippen LogP contribution in [0.25, 0.3) is 6.08 Å². The van der Waals surface area contributed by atoms with E-state index in [1.807, 2.05) is 30.3 Å². The third-order valence-corrected chi connectivity index (χ3v) is 6.44. The van der Waals surface area contributed by atoms with Crippen molar-refractivity contribution in [3.05, 3.63) is 41.3 Å². The molecule has 172 valence electrons. The van der Waals surface area contributed by atoms with Crippen LogP contribution in [0.5, 0.6) is 0 Å². The van der Waals surface area contributed by atoms with Gasteiger partial charge in [0.15, 0.2) is 0 Å². The lowest BCUT2D eigenvalue weighted by Gasteiger charge is -2.04. The van der Waals surface area contributed by atoms with E-state index in [9.17, 15) is 8.42 Å². The predicted octanol–water partition coefficient (Wildman–Crippen LogP) is 8.27. The van der Waals surface area contributed by atoms with Crippen molar-refractivity contribution < 1.29 is 12.6 Å². The van der Waals surface area contributed by atoms with E-state index in [0.29, 0.717) is 0 Å². The van der Waals surface area contributed by atoms with Crippen molar-refractivity contribution in [1.82, 2.24) is 0 Å². The normalized spacial score (nSPS) is 12.0. The molecule has 0 aliphatic carbocycles. The van der Waals surface area contributed by atoms with Gasteiger partial charge in [0.05, 0.1) is 12.0 Å². The average Bonchev–Trinajstić information content (AvgIpc) is 2.75. The molecule has 0 aromatic heterocycles. The van der Waals surface area contributed by atoms with Crippen molar-refractivity contribution in [1.29, 1.82) is 0 Å². The molecule has 0 radical (unpaired) electrons. The monoisotopic (exact) mass is 436 g/mol. The second kappa shape index (κ2) is 18.6. The Morgan fingerprint density at radius 1 is 0.667 bits per heavy atom. The second-order valence-corrected chi connectivity index (χ2v) is 9.82. The summed E-state index contributed by atoms with van der Waals surface area (Å²) in [7, 11) is -3.58. The number of benzene rings is 1. The van der Waals surface area contributed by atoms with Crippen molar-refractivity contribution in [2.45, 2.75) is 110 Å². The molecule has 0 saturated carbocycles. The van der Waals surface area contributed by atoms with Gasteiger partial charge in [-0.1, -0.05) is 134 Å². The van der Waals surface area contributed by atoms with Gasteiger partial charge in [-0.2, -0.15) is 8.42 Å². The van der Waals surface area contributed by atoms with Gasteiger partial charge in [0, 0.05) is 0 Å². The van der Waals surface area contributed by atoms with Gasteiger partial charge in [-0.3, -0.25) is 4.18 Å². The molecule has 0 amide bonds. The molecule has 0 atom stereocenters. The highest BCUT2D eigenvalue weighted by atomic mass is 32.2. The summed E-state index contributed by atoms with van der Waals surface area (Å²) < 4.78 is 28.8. The lowest BCUT2D eigenvalue weighted by molar-refractivity contribution is 0.311. The first-order chi connectivity index (χ1) is 14.6. The smallest absolute Gasteiger partial charge is 0.267 e. The third-order valence-electron chi connectivity index (χ3n) is 5.47. The van der Waals surface area contributed by atoms with Crippen LogP contribution in [0.3, 0.4) is 0 Å². The Balaban J connectivity index is 1.85. The minimum atomic E-state index is -3.58. The van der Waals surface area contributed by atoms with Gasteiger partial charge in [-0.25, -0.2) is 0 Å². The molecule has 0 bridgehead atoms. The summed E-state index contributed by atoms with van der Waals surface area (Å²) in [5, 5.41) is 1.15. The Hall–Kier alpha value is -1.13.